The summed E-state index contributed by atoms with van der Waals surface area (Å²) in [6.45, 7) is 2.64. The van der Waals surface area contributed by atoms with Crippen LogP contribution in [0.2, 0.25) is 5.02 Å². The maximum absolute atomic E-state index is 13.1. The average Bonchev–Trinajstić information content (AvgIpc) is 3.21. The number of piperidine rings is 1. The Morgan fingerprint density at radius 1 is 1.09 bits per heavy atom. The Morgan fingerprint density at radius 3 is 2.55 bits per heavy atom. The van der Waals surface area contributed by atoms with Crippen molar-refractivity contribution >= 4 is 33.2 Å². The van der Waals surface area contributed by atoms with Gasteiger partial charge in [-0.15, -0.1) is 5.10 Å². The number of ether oxygens (including phenoxy) is 1. The molecule has 0 radical (unpaired) electrons. The van der Waals surface area contributed by atoms with Gasteiger partial charge in [0.1, 0.15) is 5.75 Å². The van der Waals surface area contributed by atoms with Crippen LogP contribution in [0, 0.1) is 6.92 Å². The van der Waals surface area contributed by atoms with Crippen molar-refractivity contribution in [1.29, 1.82) is 0 Å². The van der Waals surface area contributed by atoms with E-state index in [1.54, 1.807) is 31.2 Å². The van der Waals surface area contributed by atoms with Crippen molar-refractivity contribution in [2.45, 2.75) is 31.1 Å². The molecule has 0 spiro atoms. The van der Waals surface area contributed by atoms with Crippen molar-refractivity contribution in [2.75, 3.05) is 25.5 Å². The summed E-state index contributed by atoms with van der Waals surface area (Å²) in [7, 11) is -2.22. The van der Waals surface area contributed by atoms with Crippen molar-refractivity contribution in [1.82, 2.24) is 19.3 Å². The van der Waals surface area contributed by atoms with Crippen molar-refractivity contribution in [3.8, 4) is 11.4 Å². The third-order valence-corrected chi connectivity index (χ3v) is 7.54. The zero-order valence-electron chi connectivity index (χ0n) is 18.3. The Labute approximate surface area is 197 Å². The first-order chi connectivity index (χ1) is 15.8. The second kappa shape index (κ2) is 9.50. The molecule has 0 unspecified atom stereocenters. The average molecular weight is 490 g/mol. The van der Waals surface area contributed by atoms with E-state index in [1.807, 2.05) is 0 Å². The van der Waals surface area contributed by atoms with Crippen LogP contribution in [-0.4, -0.2) is 53.8 Å². The molecule has 2 aromatic carbocycles. The fourth-order valence-electron chi connectivity index (χ4n) is 3.69. The molecule has 0 saturated carbocycles. The molecule has 1 N–H and O–H groups in total. The molecule has 33 heavy (non-hydrogen) atoms. The van der Waals surface area contributed by atoms with Gasteiger partial charge in [-0.25, -0.2) is 8.42 Å². The van der Waals surface area contributed by atoms with Crippen LogP contribution in [0.1, 0.15) is 35.4 Å². The summed E-state index contributed by atoms with van der Waals surface area (Å²) >= 11 is 6.04. The largest absolute Gasteiger partial charge is 0.495 e. The maximum Gasteiger partial charge on any atom is 0.278 e. The number of aryl methyl sites for hydroxylation is 1. The van der Waals surface area contributed by atoms with Crippen LogP contribution in [0.4, 0.5) is 5.69 Å². The van der Waals surface area contributed by atoms with E-state index in [9.17, 15) is 13.2 Å². The third-order valence-electron chi connectivity index (χ3n) is 5.41. The lowest BCUT2D eigenvalue weighted by Gasteiger charge is -2.26. The first-order valence-corrected chi connectivity index (χ1v) is 12.3. The van der Waals surface area contributed by atoms with E-state index in [-0.39, 0.29) is 16.3 Å². The molecule has 0 bridgehead atoms. The van der Waals surface area contributed by atoms with Gasteiger partial charge in [0.2, 0.25) is 10.0 Å². The van der Waals surface area contributed by atoms with Crippen LogP contribution in [0.5, 0.6) is 5.75 Å². The zero-order valence-corrected chi connectivity index (χ0v) is 19.9. The first-order valence-electron chi connectivity index (χ1n) is 10.5. The molecular weight excluding hydrogens is 466 g/mol. The summed E-state index contributed by atoms with van der Waals surface area (Å²) in [4.78, 5) is 14.4. The molecule has 0 aliphatic carbocycles. The number of halogens is 1. The van der Waals surface area contributed by atoms with Crippen LogP contribution in [-0.2, 0) is 10.0 Å². The molecule has 1 fully saturated rings. The van der Waals surface area contributed by atoms with Crippen LogP contribution in [0.15, 0.2) is 47.4 Å². The van der Waals surface area contributed by atoms with E-state index >= 15 is 0 Å². The summed E-state index contributed by atoms with van der Waals surface area (Å²) in [5.41, 5.74) is 1.35. The molecule has 1 aliphatic heterocycles. The lowest BCUT2D eigenvalue weighted by molar-refractivity contribution is 0.102. The SMILES string of the molecule is COc1ccc(S(=O)(=O)N2CCCCC2)cc1NC(=O)c1nn(-c2cccc(Cl)c2)nc1C. The normalized spacial score (nSPS) is 14.8. The van der Waals surface area contributed by atoms with Gasteiger partial charge in [-0.3, -0.25) is 4.79 Å². The number of nitrogens with zero attached hydrogens (tertiary/aromatic N) is 4. The molecule has 1 amide bonds. The number of anilines is 1. The Hall–Kier alpha value is -2.95. The fraction of sp³-hybridized carbons (Fsp3) is 0.318. The van der Waals surface area contributed by atoms with Gasteiger partial charge in [0, 0.05) is 18.1 Å². The fourth-order valence-corrected chi connectivity index (χ4v) is 5.41. The Bertz CT molecular complexity index is 1290. The minimum Gasteiger partial charge on any atom is -0.495 e. The van der Waals surface area contributed by atoms with Gasteiger partial charge in [0.25, 0.3) is 5.91 Å². The van der Waals surface area contributed by atoms with Crippen molar-refractivity contribution in [3.63, 3.8) is 0 Å². The van der Waals surface area contributed by atoms with E-state index in [0.29, 0.717) is 35.2 Å². The van der Waals surface area contributed by atoms with Crippen LogP contribution in [0.3, 0.4) is 0 Å². The number of aromatic nitrogens is 3. The summed E-state index contributed by atoms with van der Waals surface area (Å²) in [6.07, 6.45) is 2.69. The summed E-state index contributed by atoms with van der Waals surface area (Å²) in [5.74, 6) is -0.201. The highest BCUT2D eigenvalue weighted by molar-refractivity contribution is 7.89. The number of amides is 1. The lowest BCUT2D eigenvalue weighted by Crippen LogP contribution is -2.35. The monoisotopic (exact) mass is 489 g/mol. The lowest BCUT2D eigenvalue weighted by atomic mass is 10.2. The van der Waals surface area contributed by atoms with Gasteiger partial charge < -0.3 is 10.1 Å². The predicted octanol–water partition coefficient (Wildman–Crippen LogP) is 3.66. The molecule has 2 heterocycles. The van der Waals surface area contributed by atoms with Crippen molar-refractivity contribution in [2.24, 2.45) is 0 Å². The number of methoxy groups -OCH3 is 1. The number of hydrogen-bond acceptors (Lipinski definition) is 6. The van der Waals surface area contributed by atoms with E-state index < -0.39 is 15.9 Å². The van der Waals surface area contributed by atoms with Gasteiger partial charge in [-0.2, -0.15) is 14.2 Å². The Morgan fingerprint density at radius 2 is 1.85 bits per heavy atom. The molecular formula is C22H24ClN5O4S. The van der Waals surface area contributed by atoms with Crippen molar-refractivity contribution in [3.05, 3.63) is 58.9 Å². The highest BCUT2D eigenvalue weighted by Crippen LogP contribution is 2.30. The number of carbonyl (C=O) groups excluding carboxylic acids is 1. The van der Waals surface area contributed by atoms with Gasteiger partial charge in [-0.05, 0) is 56.2 Å². The summed E-state index contributed by atoms with van der Waals surface area (Å²) in [5, 5.41) is 11.8. The molecule has 11 heteroatoms. The Kier molecular flexibility index (Phi) is 6.68. The topological polar surface area (TPSA) is 106 Å². The highest BCUT2D eigenvalue weighted by Gasteiger charge is 2.27. The van der Waals surface area contributed by atoms with E-state index in [4.69, 9.17) is 16.3 Å². The molecule has 9 nitrogen and oxygen atoms in total. The van der Waals surface area contributed by atoms with E-state index in [0.717, 1.165) is 19.3 Å². The third kappa shape index (κ3) is 4.87. The smallest absolute Gasteiger partial charge is 0.278 e. The number of nitrogens with one attached hydrogen (secondary N) is 1. The second-order valence-corrected chi connectivity index (χ2v) is 10.1. The van der Waals surface area contributed by atoms with Gasteiger partial charge in [0.05, 0.1) is 29.1 Å². The molecule has 3 aromatic rings. The first kappa shape index (κ1) is 23.2. The van der Waals surface area contributed by atoms with Gasteiger partial charge >= 0.3 is 0 Å². The molecule has 4 rings (SSSR count). The molecule has 0 atom stereocenters. The van der Waals surface area contributed by atoms with Gasteiger partial charge in [-0.1, -0.05) is 24.1 Å². The molecule has 1 aromatic heterocycles. The summed E-state index contributed by atoms with van der Waals surface area (Å²) < 4.78 is 33.0. The van der Waals surface area contributed by atoms with Crippen LogP contribution in [0.25, 0.3) is 5.69 Å². The highest BCUT2D eigenvalue weighted by atomic mass is 35.5. The minimum atomic E-state index is -3.67. The van der Waals surface area contributed by atoms with Gasteiger partial charge in [0.15, 0.2) is 5.69 Å². The predicted molar refractivity (Wildman–Crippen MR) is 125 cm³/mol. The number of benzene rings is 2. The number of rotatable bonds is 6. The standard InChI is InChI=1S/C22H24ClN5O4S/c1-15-21(26-28(25-15)17-8-6-7-16(23)13-17)22(29)24-19-14-18(9-10-20(19)32-2)33(30,31)27-11-4-3-5-12-27/h6-10,13-14H,3-5,11-12H2,1-2H3,(H,24,29). The van der Waals surface area contributed by atoms with Crippen LogP contribution < -0.4 is 10.1 Å². The molecule has 174 valence electrons. The van der Waals surface area contributed by atoms with Crippen molar-refractivity contribution < 1.29 is 17.9 Å². The molecule has 1 saturated heterocycles. The summed E-state index contributed by atoms with van der Waals surface area (Å²) in [6, 6.07) is 11.4. The molecule has 1 aliphatic rings. The van der Waals surface area contributed by atoms with E-state index in [2.05, 4.69) is 15.5 Å². The second-order valence-electron chi connectivity index (χ2n) is 7.68. The Balaban J connectivity index is 1.62. The maximum atomic E-state index is 13.1. The number of hydrogen-bond donors (Lipinski definition) is 1. The van der Waals surface area contributed by atoms with E-state index in [1.165, 1.54) is 34.4 Å². The minimum absolute atomic E-state index is 0.0970. The quantitative estimate of drug-likeness (QED) is 0.566. The zero-order chi connectivity index (χ0) is 23.6. The number of sulfonamides is 1. The van der Waals surface area contributed by atoms with Crippen LogP contribution >= 0.6 is 11.6 Å². The number of carbonyl (C=O) groups is 1.